The Morgan fingerprint density at radius 2 is 1.20 bits per heavy atom. The number of hydrogen-bond acceptors (Lipinski definition) is 3. The molecule has 0 N–H and O–H groups in total. The number of unbranched alkanes of at least 4 members (excludes halogenated alkanes) is 2. The van der Waals surface area contributed by atoms with Gasteiger partial charge in [-0.05, 0) is 60.7 Å². The number of aryl methyl sites for hydroxylation is 2. The standard InChI is InChI=1S/C20H27O2PS2/c1-3-5-11-17-13-7-9-15-19(17)21-23(24,25)22-20-16-10-8-14-18(20)12-6-4-2/h7-10,13-16H,3-6,11-12H2,1-2H3,(H,24,25). The lowest BCUT2D eigenvalue weighted by Crippen LogP contribution is -2.00. The third kappa shape index (κ3) is 6.69. The molecule has 2 rings (SSSR count). The molecule has 0 aliphatic rings. The Morgan fingerprint density at radius 3 is 1.60 bits per heavy atom. The average Bonchev–Trinajstić information content (AvgIpc) is 2.59. The Morgan fingerprint density at radius 1 is 0.800 bits per heavy atom. The van der Waals surface area contributed by atoms with E-state index in [2.05, 4.69) is 38.2 Å². The van der Waals surface area contributed by atoms with E-state index in [1.165, 1.54) is 0 Å². The molecule has 0 unspecified atom stereocenters. The molecule has 0 aliphatic carbocycles. The van der Waals surface area contributed by atoms with Crippen LogP contribution in [0.15, 0.2) is 48.5 Å². The normalized spacial score (nSPS) is 11.3. The molecule has 0 atom stereocenters. The molecule has 25 heavy (non-hydrogen) atoms. The SMILES string of the molecule is CCCCc1ccccc1OP(=S)(S)Oc1ccccc1CCCC. The Kier molecular flexibility index (Phi) is 8.35. The highest BCUT2D eigenvalue weighted by atomic mass is 32.9. The molecule has 0 radical (unpaired) electrons. The molecular weight excluding hydrogens is 367 g/mol. The van der Waals surface area contributed by atoms with Gasteiger partial charge in [-0.3, -0.25) is 0 Å². The van der Waals surface area contributed by atoms with Gasteiger partial charge in [0.15, 0.2) is 0 Å². The fourth-order valence-corrected chi connectivity index (χ4v) is 4.50. The maximum atomic E-state index is 6.06. The van der Waals surface area contributed by atoms with Gasteiger partial charge in [0, 0.05) is 0 Å². The number of benzene rings is 2. The molecule has 0 fully saturated rings. The third-order valence-electron chi connectivity index (χ3n) is 3.97. The third-order valence-corrected chi connectivity index (χ3v) is 5.76. The minimum absolute atomic E-state index is 0.792. The van der Waals surface area contributed by atoms with Crippen molar-refractivity contribution in [1.29, 1.82) is 0 Å². The maximum absolute atomic E-state index is 6.06. The highest BCUT2D eigenvalue weighted by Gasteiger charge is 2.20. The van der Waals surface area contributed by atoms with Crippen molar-refractivity contribution in [3.05, 3.63) is 59.7 Å². The second-order valence-corrected chi connectivity index (χ2v) is 11.2. The first-order chi connectivity index (χ1) is 12.1. The fourth-order valence-electron chi connectivity index (χ4n) is 2.60. The van der Waals surface area contributed by atoms with Gasteiger partial charge in [-0.2, -0.15) is 0 Å². The number of para-hydroxylation sites is 2. The molecule has 2 aromatic carbocycles. The number of hydrogen-bond donors (Lipinski definition) is 1. The first kappa shape index (κ1) is 20.4. The van der Waals surface area contributed by atoms with E-state index in [0.29, 0.717) is 0 Å². The van der Waals surface area contributed by atoms with Crippen molar-refractivity contribution in [2.45, 2.75) is 52.4 Å². The van der Waals surface area contributed by atoms with E-state index >= 15 is 0 Å². The first-order valence-corrected chi connectivity index (χ1v) is 12.7. The summed E-state index contributed by atoms with van der Waals surface area (Å²) in [7, 11) is 0. The lowest BCUT2D eigenvalue weighted by Gasteiger charge is -2.22. The predicted octanol–water partition coefficient (Wildman–Crippen LogP) is 6.98. The largest absolute Gasteiger partial charge is 0.428 e. The molecule has 2 nitrogen and oxygen atoms in total. The Labute approximate surface area is 162 Å². The van der Waals surface area contributed by atoms with E-state index in [4.69, 9.17) is 20.9 Å². The van der Waals surface area contributed by atoms with Crippen molar-refractivity contribution in [3.63, 3.8) is 0 Å². The smallest absolute Gasteiger partial charge is 0.345 e. The zero-order valence-corrected chi connectivity index (χ0v) is 17.6. The van der Waals surface area contributed by atoms with Gasteiger partial charge in [0.05, 0.1) is 0 Å². The molecule has 0 heterocycles. The van der Waals surface area contributed by atoms with Crippen LogP contribution in [0.5, 0.6) is 11.5 Å². The summed E-state index contributed by atoms with van der Waals surface area (Å²) in [6.07, 6.45) is 6.48. The average molecular weight is 395 g/mol. The van der Waals surface area contributed by atoms with Crippen LogP contribution in [-0.2, 0) is 24.6 Å². The number of thiol groups is 1. The molecule has 0 spiro atoms. The van der Waals surface area contributed by atoms with Crippen LogP contribution in [-0.4, -0.2) is 0 Å². The van der Waals surface area contributed by atoms with Crippen LogP contribution in [0.1, 0.15) is 50.7 Å². The van der Waals surface area contributed by atoms with Crippen molar-refractivity contribution >= 4 is 29.7 Å². The van der Waals surface area contributed by atoms with Crippen molar-refractivity contribution in [2.24, 2.45) is 0 Å². The lowest BCUT2D eigenvalue weighted by atomic mass is 10.1. The maximum Gasteiger partial charge on any atom is 0.345 e. The highest BCUT2D eigenvalue weighted by molar-refractivity contribution is 8.60. The Balaban J connectivity index is 2.14. The second kappa shape index (κ2) is 10.3. The van der Waals surface area contributed by atoms with Crippen LogP contribution in [0.2, 0.25) is 0 Å². The van der Waals surface area contributed by atoms with Gasteiger partial charge in [0.25, 0.3) is 0 Å². The summed E-state index contributed by atoms with van der Waals surface area (Å²) in [6.45, 7) is 4.37. The summed E-state index contributed by atoms with van der Waals surface area (Å²) in [6, 6.07) is 16.1. The molecule has 0 aromatic heterocycles. The molecular formula is C20H27O2PS2. The van der Waals surface area contributed by atoms with E-state index < -0.39 is 5.69 Å². The van der Waals surface area contributed by atoms with E-state index in [9.17, 15) is 0 Å². The van der Waals surface area contributed by atoms with Crippen LogP contribution >= 0.6 is 17.9 Å². The summed E-state index contributed by atoms with van der Waals surface area (Å²) < 4.78 is 12.1. The molecule has 0 amide bonds. The predicted molar refractivity (Wildman–Crippen MR) is 115 cm³/mol. The van der Waals surface area contributed by atoms with E-state index in [0.717, 1.165) is 61.2 Å². The summed E-state index contributed by atoms with van der Waals surface area (Å²) in [5.74, 6) is 1.58. The highest BCUT2D eigenvalue weighted by Crippen LogP contribution is 2.54. The Bertz CT molecular complexity index is 661. The topological polar surface area (TPSA) is 18.5 Å². The van der Waals surface area contributed by atoms with E-state index in [1.54, 1.807) is 0 Å². The van der Waals surface area contributed by atoms with Gasteiger partial charge in [-0.15, -0.1) is 0 Å². The zero-order chi connectivity index (χ0) is 18.1. The minimum atomic E-state index is -2.73. The summed E-state index contributed by atoms with van der Waals surface area (Å²) in [5.41, 5.74) is -0.402. The van der Waals surface area contributed by atoms with E-state index in [1.807, 2.05) is 36.4 Å². The minimum Gasteiger partial charge on any atom is -0.428 e. The molecule has 0 bridgehead atoms. The summed E-state index contributed by atoms with van der Waals surface area (Å²) in [5, 5.41) is 0. The summed E-state index contributed by atoms with van der Waals surface area (Å²) in [4.78, 5) is 0. The van der Waals surface area contributed by atoms with Crippen LogP contribution in [0.25, 0.3) is 0 Å². The molecule has 0 saturated carbocycles. The quantitative estimate of drug-likeness (QED) is 0.346. The van der Waals surface area contributed by atoms with Crippen LogP contribution in [0, 0.1) is 0 Å². The van der Waals surface area contributed by atoms with Gasteiger partial charge >= 0.3 is 5.69 Å². The van der Waals surface area contributed by atoms with Gasteiger partial charge < -0.3 is 9.05 Å². The van der Waals surface area contributed by atoms with Crippen LogP contribution in [0.4, 0.5) is 0 Å². The first-order valence-electron chi connectivity index (χ1n) is 8.93. The lowest BCUT2D eigenvalue weighted by molar-refractivity contribution is 0.498. The van der Waals surface area contributed by atoms with Crippen molar-refractivity contribution in [2.75, 3.05) is 0 Å². The van der Waals surface area contributed by atoms with Crippen LogP contribution in [0.3, 0.4) is 0 Å². The fraction of sp³-hybridized carbons (Fsp3) is 0.400. The molecule has 0 saturated heterocycles. The van der Waals surface area contributed by atoms with Gasteiger partial charge in [-0.25, -0.2) is 0 Å². The van der Waals surface area contributed by atoms with Gasteiger partial charge in [0.1, 0.15) is 11.5 Å². The molecule has 5 heteroatoms. The molecule has 0 aliphatic heterocycles. The zero-order valence-electron chi connectivity index (χ0n) is 15.0. The summed E-state index contributed by atoms with van der Waals surface area (Å²) >= 11 is 10.2. The van der Waals surface area contributed by atoms with Gasteiger partial charge in [0.2, 0.25) is 0 Å². The van der Waals surface area contributed by atoms with Crippen molar-refractivity contribution < 1.29 is 9.05 Å². The van der Waals surface area contributed by atoms with Crippen LogP contribution < -0.4 is 9.05 Å². The van der Waals surface area contributed by atoms with Crippen molar-refractivity contribution in [1.82, 2.24) is 0 Å². The Hall–Kier alpha value is -0.960. The number of rotatable bonds is 10. The molecule has 136 valence electrons. The second-order valence-electron chi connectivity index (χ2n) is 6.07. The van der Waals surface area contributed by atoms with E-state index in [-0.39, 0.29) is 0 Å². The van der Waals surface area contributed by atoms with Crippen molar-refractivity contribution in [3.8, 4) is 11.5 Å². The van der Waals surface area contributed by atoms with Gasteiger partial charge in [-0.1, -0.05) is 75.3 Å². The molecule has 2 aromatic rings. The monoisotopic (exact) mass is 394 g/mol.